The second-order valence-corrected chi connectivity index (χ2v) is 6.14. The zero-order valence-electron chi connectivity index (χ0n) is 13.2. The summed E-state index contributed by atoms with van der Waals surface area (Å²) in [6.07, 6.45) is 0.352. The molecule has 0 fully saturated rings. The van der Waals surface area contributed by atoms with E-state index in [0.717, 1.165) is 3.57 Å². The van der Waals surface area contributed by atoms with Crippen LogP contribution in [0.2, 0.25) is 0 Å². The van der Waals surface area contributed by atoms with Gasteiger partial charge in [0, 0.05) is 14.8 Å². The molecule has 0 radical (unpaired) electrons. The third-order valence-corrected chi connectivity index (χ3v) is 3.75. The summed E-state index contributed by atoms with van der Waals surface area (Å²) >= 11 is 2.16. The number of anilines is 1. The largest absolute Gasteiger partial charge is 0.434 e. The van der Waals surface area contributed by atoms with Gasteiger partial charge in [0.2, 0.25) is 6.10 Å². The van der Waals surface area contributed by atoms with Crippen molar-refractivity contribution >= 4 is 40.4 Å². The van der Waals surface area contributed by atoms with Crippen molar-refractivity contribution in [1.29, 1.82) is 0 Å². The zero-order valence-corrected chi connectivity index (χ0v) is 15.3. The van der Waals surface area contributed by atoms with Crippen LogP contribution in [0.3, 0.4) is 0 Å². The Labute approximate surface area is 157 Å². The highest BCUT2D eigenvalue weighted by molar-refractivity contribution is 14.1. The van der Waals surface area contributed by atoms with Crippen LogP contribution in [0.4, 0.5) is 14.5 Å². The second-order valence-electron chi connectivity index (χ2n) is 4.89. The maximum Gasteiger partial charge on any atom is 0.387 e. The Morgan fingerprint density at radius 1 is 1.20 bits per heavy atom. The first-order chi connectivity index (χ1) is 12.0. The number of oxime groups is 1. The van der Waals surface area contributed by atoms with Gasteiger partial charge in [-0.3, -0.25) is 4.79 Å². The van der Waals surface area contributed by atoms with Gasteiger partial charge in [-0.05, 0) is 65.9 Å². The monoisotopic (exact) mass is 460 g/mol. The van der Waals surface area contributed by atoms with Crippen molar-refractivity contribution < 1.29 is 23.1 Å². The van der Waals surface area contributed by atoms with E-state index in [9.17, 15) is 13.6 Å². The fourth-order valence-electron chi connectivity index (χ4n) is 1.79. The van der Waals surface area contributed by atoms with Crippen LogP contribution >= 0.6 is 22.6 Å². The first-order valence-electron chi connectivity index (χ1n) is 7.25. The molecule has 0 saturated carbocycles. The van der Waals surface area contributed by atoms with E-state index in [-0.39, 0.29) is 11.7 Å². The van der Waals surface area contributed by atoms with Gasteiger partial charge in [-0.25, -0.2) is 0 Å². The van der Waals surface area contributed by atoms with Crippen LogP contribution < -0.4 is 10.1 Å². The summed E-state index contributed by atoms with van der Waals surface area (Å²) in [5.41, 5.74) is 0.952. The van der Waals surface area contributed by atoms with Gasteiger partial charge >= 0.3 is 6.61 Å². The maximum atomic E-state index is 12.3. The van der Waals surface area contributed by atoms with Crippen molar-refractivity contribution in [1.82, 2.24) is 0 Å². The lowest BCUT2D eigenvalue weighted by atomic mass is 10.2. The average Bonchev–Trinajstić information content (AvgIpc) is 2.58. The Hall–Kier alpha value is -2.23. The fraction of sp³-hybridized carbons (Fsp3) is 0.176. The van der Waals surface area contributed by atoms with Gasteiger partial charge in [0.1, 0.15) is 5.75 Å². The van der Waals surface area contributed by atoms with E-state index in [1.54, 1.807) is 30.3 Å². The number of alkyl halides is 2. The summed E-state index contributed by atoms with van der Waals surface area (Å²) < 4.78 is 30.1. The third-order valence-electron chi connectivity index (χ3n) is 3.03. The van der Waals surface area contributed by atoms with Gasteiger partial charge in [-0.15, -0.1) is 0 Å². The topological polar surface area (TPSA) is 59.9 Å². The van der Waals surface area contributed by atoms with E-state index in [1.165, 1.54) is 19.2 Å². The molecule has 0 saturated heterocycles. The first-order valence-corrected chi connectivity index (χ1v) is 8.33. The van der Waals surface area contributed by atoms with Crippen LogP contribution in [0.1, 0.15) is 12.5 Å². The summed E-state index contributed by atoms with van der Waals surface area (Å²) in [6.45, 7) is -1.41. The molecule has 2 aromatic rings. The van der Waals surface area contributed by atoms with E-state index in [4.69, 9.17) is 4.84 Å². The minimum atomic E-state index is -2.94. The zero-order chi connectivity index (χ0) is 18.2. The summed E-state index contributed by atoms with van der Waals surface area (Å²) in [7, 11) is 0. The molecule has 0 aromatic heterocycles. The van der Waals surface area contributed by atoms with E-state index < -0.39 is 12.7 Å². The number of rotatable bonds is 7. The molecule has 0 aliphatic carbocycles. The Bertz CT molecular complexity index is 739. The van der Waals surface area contributed by atoms with Crippen LogP contribution in [0.15, 0.2) is 53.7 Å². The summed E-state index contributed by atoms with van der Waals surface area (Å²) in [6, 6.07) is 13.4. The van der Waals surface area contributed by atoms with E-state index >= 15 is 0 Å². The summed E-state index contributed by atoms with van der Waals surface area (Å²) in [4.78, 5) is 17.1. The van der Waals surface area contributed by atoms with Gasteiger partial charge in [0.15, 0.2) is 0 Å². The number of ether oxygens (including phenoxy) is 1. The van der Waals surface area contributed by atoms with Crippen molar-refractivity contribution in [3.63, 3.8) is 0 Å². The van der Waals surface area contributed by atoms with E-state index in [0.29, 0.717) is 11.3 Å². The first kappa shape index (κ1) is 19.1. The van der Waals surface area contributed by atoms with Gasteiger partial charge in [-0.1, -0.05) is 17.3 Å². The molecule has 5 nitrogen and oxygen atoms in total. The van der Waals surface area contributed by atoms with E-state index in [1.807, 2.05) is 12.1 Å². The molecule has 132 valence electrons. The highest BCUT2D eigenvalue weighted by Crippen LogP contribution is 2.18. The van der Waals surface area contributed by atoms with Crippen molar-refractivity contribution in [2.75, 3.05) is 5.32 Å². The molecule has 0 spiro atoms. The number of amides is 1. The summed E-state index contributed by atoms with van der Waals surface area (Å²) in [5.74, 6) is -0.406. The molecular weight excluding hydrogens is 445 g/mol. The lowest BCUT2D eigenvalue weighted by molar-refractivity contribution is -0.126. The minimum Gasteiger partial charge on any atom is -0.434 e. The third kappa shape index (κ3) is 6.29. The molecule has 1 N–H and O–H groups in total. The molecule has 25 heavy (non-hydrogen) atoms. The maximum absolute atomic E-state index is 12.3. The molecule has 1 unspecified atom stereocenters. The molecule has 0 heterocycles. The van der Waals surface area contributed by atoms with Crippen molar-refractivity contribution in [3.05, 3.63) is 57.7 Å². The molecule has 0 aliphatic heterocycles. The van der Waals surface area contributed by atoms with Gasteiger partial charge in [0.05, 0.1) is 6.21 Å². The molecule has 1 amide bonds. The number of carbonyl (C=O) groups is 1. The molecule has 8 heteroatoms. The Morgan fingerprint density at radius 2 is 1.88 bits per heavy atom. The normalized spacial score (nSPS) is 12.2. The predicted molar refractivity (Wildman–Crippen MR) is 99.0 cm³/mol. The predicted octanol–water partition coefficient (Wildman–Crippen LogP) is 4.27. The molecular formula is C17H15F2IN2O3. The average molecular weight is 460 g/mol. The standard InChI is InChI=1S/C17H15F2IN2O3/c1-11(16(23)22-14-8-6-13(20)7-9-14)25-21-10-12-4-2-3-5-15(12)24-17(18)19/h2-11,17H,1H3,(H,22,23). The molecule has 2 aromatic carbocycles. The van der Waals surface area contributed by atoms with Crippen molar-refractivity contribution in [2.45, 2.75) is 19.6 Å². The van der Waals surface area contributed by atoms with Crippen molar-refractivity contribution in [2.24, 2.45) is 5.16 Å². The van der Waals surface area contributed by atoms with Gasteiger partial charge in [0.25, 0.3) is 5.91 Å². The Balaban J connectivity index is 1.92. The Morgan fingerprint density at radius 3 is 2.56 bits per heavy atom. The highest BCUT2D eigenvalue weighted by atomic mass is 127. The summed E-state index contributed by atoms with van der Waals surface area (Å²) in [5, 5.41) is 6.36. The highest BCUT2D eigenvalue weighted by Gasteiger charge is 2.14. The molecule has 1 atom stereocenters. The number of halogens is 3. The van der Waals surface area contributed by atoms with E-state index in [2.05, 4.69) is 37.8 Å². The number of hydrogen-bond acceptors (Lipinski definition) is 4. The second kappa shape index (κ2) is 9.30. The number of hydrogen-bond donors (Lipinski definition) is 1. The van der Waals surface area contributed by atoms with Crippen LogP contribution in [-0.4, -0.2) is 24.8 Å². The molecule has 0 bridgehead atoms. The van der Waals surface area contributed by atoms with Crippen LogP contribution in [0.5, 0.6) is 5.75 Å². The van der Waals surface area contributed by atoms with Crippen LogP contribution in [0.25, 0.3) is 0 Å². The van der Waals surface area contributed by atoms with Gasteiger partial charge in [-0.2, -0.15) is 8.78 Å². The van der Waals surface area contributed by atoms with Gasteiger partial charge < -0.3 is 14.9 Å². The minimum absolute atomic E-state index is 0.0270. The lowest BCUT2D eigenvalue weighted by Gasteiger charge is -2.11. The number of benzene rings is 2. The number of carbonyl (C=O) groups excluding carboxylic acids is 1. The molecule has 0 aliphatic rings. The number of nitrogens with one attached hydrogen (secondary N) is 1. The smallest absolute Gasteiger partial charge is 0.387 e. The van der Waals surface area contributed by atoms with Crippen LogP contribution in [-0.2, 0) is 9.63 Å². The fourth-order valence-corrected chi connectivity index (χ4v) is 2.15. The van der Waals surface area contributed by atoms with Crippen molar-refractivity contribution in [3.8, 4) is 5.75 Å². The Kier molecular flexibility index (Phi) is 7.11. The number of para-hydroxylation sites is 1. The SMILES string of the molecule is CC(ON=Cc1ccccc1OC(F)F)C(=O)Nc1ccc(I)cc1. The molecule has 2 rings (SSSR count). The van der Waals surface area contributed by atoms with Crippen LogP contribution in [0, 0.1) is 3.57 Å². The quantitative estimate of drug-likeness (QED) is 0.382. The lowest BCUT2D eigenvalue weighted by Crippen LogP contribution is -2.26. The number of nitrogens with zero attached hydrogens (tertiary/aromatic N) is 1.